The van der Waals surface area contributed by atoms with Crippen molar-refractivity contribution in [2.75, 3.05) is 13.1 Å². The average molecular weight is 417 g/mol. The molecule has 1 heterocycles. The maximum atomic E-state index is 11.9. The Morgan fingerprint density at radius 1 is 1.19 bits per heavy atom. The zero-order chi connectivity index (χ0) is 22.2. The quantitative estimate of drug-likeness (QED) is 0.404. The summed E-state index contributed by atoms with van der Waals surface area (Å²) in [6.07, 6.45) is 13.6. The van der Waals surface area contributed by atoms with E-state index in [1.54, 1.807) is 0 Å². The van der Waals surface area contributed by atoms with Crippen LogP contribution in [-0.4, -0.2) is 29.6 Å². The summed E-state index contributed by atoms with van der Waals surface area (Å²) in [5.74, 6) is 2.05. The molecule has 1 aromatic carbocycles. The minimum absolute atomic E-state index is 0.00777. The number of amides is 1. The molecule has 31 heavy (non-hydrogen) atoms. The number of carbonyl (C=O) groups is 1. The van der Waals surface area contributed by atoms with Gasteiger partial charge in [-0.1, -0.05) is 25.3 Å². The van der Waals surface area contributed by atoms with Gasteiger partial charge in [-0.15, -0.1) is 0 Å². The Morgan fingerprint density at radius 2 is 1.90 bits per heavy atom. The van der Waals surface area contributed by atoms with Crippen LogP contribution in [0.15, 0.2) is 89.8 Å². The predicted molar refractivity (Wildman–Crippen MR) is 128 cm³/mol. The Hall–Kier alpha value is -3.14. The van der Waals surface area contributed by atoms with Crippen molar-refractivity contribution in [1.29, 1.82) is 0 Å². The van der Waals surface area contributed by atoms with Crippen molar-refractivity contribution in [3.05, 3.63) is 90.4 Å². The van der Waals surface area contributed by atoms with Crippen LogP contribution in [0.1, 0.15) is 45.1 Å². The Labute approximate surface area is 186 Å². The summed E-state index contributed by atoms with van der Waals surface area (Å²) in [5, 5.41) is 0. The molecule has 1 fully saturated rings. The third-order valence-electron chi connectivity index (χ3n) is 5.66. The van der Waals surface area contributed by atoms with Crippen LogP contribution in [0.2, 0.25) is 0 Å². The number of piperidine rings is 1. The van der Waals surface area contributed by atoms with Crippen molar-refractivity contribution in [1.82, 2.24) is 4.90 Å². The lowest BCUT2D eigenvalue weighted by Crippen LogP contribution is -2.37. The fourth-order valence-corrected chi connectivity index (χ4v) is 3.93. The second-order valence-electron chi connectivity index (χ2n) is 7.97. The molecule has 4 heteroatoms. The van der Waals surface area contributed by atoms with Crippen LogP contribution in [0.4, 0.5) is 0 Å². The largest absolute Gasteiger partial charge is 0.458 e. The topological polar surface area (TPSA) is 41.9 Å². The molecule has 0 spiro atoms. The molecule has 0 aromatic heterocycles. The second-order valence-corrected chi connectivity index (χ2v) is 7.97. The van der Waals surface area contributed by atoms with Crippen molar-refractivity contribution in [3.63, 3.8) is 0 Å². The summed E-state index contributed by atoms with van der Waals surface area (Å²) in [6, 6.07) is 8.03. The van der Waals surface area contributed by atoms with Gasteiger partial charge in [0.2, 0.25) is 5.91 Å². The highest BCUT2D eigenvalue weighted by molar-refractivity contribution is 6.12. The van der Waals surface area contributed by atoms with Gasteiger partial charge in [0.15, 0.2) is 0 Å². The van der Waals surface area contributed by atoms with E-state index >= 15 is 0 Å². The van der Waals surface area contributed by atoms with Gasteiger partial charge in [0.25, 0.3) is 0 Å². The Kier molecular flexibility index (Phi) is 7.82. The lowest BCUT2D eigenvalue weighted by molar-refractivity contribution is -0.127. The molecule has 4 nitrogen and oxygen atoms in total. The van der Waals surface area contributed by atoms with E-state index in [-0.39, 0.29) is 5.91 Å². The van der Waals surface area contributed by atoms with Gasteiger partial charge in [0.05, 0.1) is 5.71 Å². The van der Waals surface area contributed by atoms with Gasteiger partial charge in [0.1, 0.15) is 11.5 Å². The summed E-state index contributed by atoms with van der Waals surface area (Å²) >= 11 is 0. The Balaban J connectivity index is 1.73. The summed E-state index contributed by atoms with van der Waals surface area (Å²) in [5.41, 5.74) is 3.89. The van der Waals surface area contributed by atoms with E-state index in [4.69, 9.17) is 9.73 Å². The summed E-state index contributed by atoms with van der Waals surface area (Å²) in [4.78, 5) is 18.7. The number of carbonyl (C=O) groups excluding carboxylic acids is 1. The maximum Gasteiger partial charge on any atom is 0.245 e. The first-order valence-electron chi connectivity index (χ1n) is 11.0. The zero-order valence-corrected chi connectivity index (χ0v) is 18.6. The predicted octanol–water partition coefficient (Wildman–Crippen LogP) is 5.99. The molecule has 1 amide bonds. The molecule has 162 valence electrons. The highest BCUT2D eigenvalue weighted by Gasteiger charge is 2.24. The fourth-order valence-electron chi connectivity index (χ4n) is 3.93. The molecule has 0 bridgehead atoms. The SMILES string of the molecule is C=CC(=O)N1CCC(/C(=C/C)N=C(C(=C)C)c2ccc(OC3=CCCC=C3)cc2)CC1. The summed E-state index contributed by atoms with van der Waals surface area (Å²) in [7, 11) is 0. The first kappa shape index (κ1) is 22.5. The van der Waals surface area contributed by atoms with E-state index in [2.05, 4.69) is 31.4 Å². The number of likely N-dealkylation sites (tertiary alicyclic amines) is 1. The van der Waals surface area contributed by atoms with Crippen LogP contribution in [0.3, 0.4) is 0 Å². The third kappa shape index (κ3) is 5.94. The molecule has 1 saturated heterocycles. The van der Waals surface area contributed by atoms with Crippen LogP contribution in [0.5, 0.6) is 5.75 Å². The number of aliphatic imine (C=N–C) groups is 1. The zero-order valence-electron chi connectivity index (χ0n) is 18.6. The highest BCUT2D eigenvalue weighted by atomic mass is 16.5. The van der Waals surface area contributed by atoms with Crippen molar-refractivity contribution in [2.45, 2.75) is 39.5 Å². The van der Waals surface area contributed by atoms with Gasteiger partial charge >= 0.3 is 0 Å². The molecule has 2 aliphatic rings. The molecule has 0 saturated carbocycles. The standard InChI is InChI=1S/C27H32N2O2/c1-5-25(21-16-18-29(19-17-21)26(30)6-2)28-27(20(3)4)22-12-14-24(15-13-22)31-23-10-8-7-9-11-23/h5-6,8,10-15,21H,2-3,7,9,16-19H2,1,4H3/b25-5-,28-27?. The van der Waals surface area contributed by atoms with E-state index in [1.807, 2.05) is 49.1 Å². The van der Waals surface area contributed by atoms with Crippen LogP contribution in [0.25, 0.3) is 0 Å². The van der Waals surface area contributed by atoms with Gasteiger partial charge in [-0.3, -0.25) is 9.79 Å². The highest BCUT2D eigenvalue weighted by Crippen LogP contribution is 2.28. The van der Waals surface area contributed by atoms with Crippen LogP contribution >= 0.6 is 0 Å². The molecule has 3 rings (SSSR count). The van der Waals surface area contributed by atoms with Gasteiger partial charge in [-0.25, -0.2) is 0 Å². The van der Waals surface area contributed by atoms with Crippen molar-refractivity contribution in [2.24, 2.45) is 10.9 Å². The first-order valence-corrected chi connectivity index (χ1v) is 11.0. The fraction of sp³-hybridized carbons (Fsp3) is 0.333. The monoisotopic (exact) mass is 416 g/mol. The summed E-state index contributed by atoms with van der Waals surface area (Å²) in [6.45, 7) is 13.2. The molecule has 0 N–H and O–H groups in total. The lowest BCUT2D eigenvalue weighted by atomic mass is 9.92. The number of rotatable bonds is 7. The van der Waals surface area contributed by atoms with E-state index in [9.17, 15) is 4.79 Å². The third-order valence-corrected chi connectivity index (χ3v) is 5.66. The van der Waals surface area contributed by atoms with Crippen molar-refractivity contribution < 1.29 is 9.53 Å². The molecular formula is C27H32N2O2. The molecule has 0 atom stereocenters. The number of hydrogen-bond acceptors (Lipinski definition) is 3. The van der Waals surface area contributed by atoms with E-state index in [1.165, 1.54) is 6.08 Å². The minimum atomic E-state index is 0.00777. The minimum Gasteiger partial charge on any atom is -0.458 e. The normalized spacial score (nSPS) is 17.9. The first-order chi connectivity index (χ1) is 15.0. The number of hydrogen-bond donors (Lipinski definition) is 0. The number of allylic oxidation sites excluding steroid dienone is 6. The molecular weight excluding hydrogens is 384 g/mol. The van der Waals surface area contributed by atoms with Crippen LogP contribution in [0, 0.1) is 5.92 Å². The lowest BCUT2D eigenvalue weighted by Gasteiger charge is -2.31. The molecule has 1 aromatic rings. The molecule has 0 radical (unpaired) electrons. The van der Waals surface area contributed by atoms with E-state index < -0.39 is 0 Å². The number of nitrogens with zero attached hydrogens (tertiary/aromatic N) is 2. The molecule has 1 aliphatic carbocycles. The molecule has 0 unspecified atom stereocenters. The Morgan fingerprint density at radius 3 is 2.45 bits per heavy atom. The van der Waals surface area contributed by atoms with Gasteiger partial charge in [-0.05, 0) is 87.6 Å². The molecule has 1 aliphatic heterocycles. The number of ether oxygens (including phenoxy) is 1. The number of benzene rings is 1. The average Bonchev–Trinajstić information content (AvgIpc) is 2.81. The van der Waals surface area contributed by atoms with Gasteiger partial charge in [-0.2, -0.15) is 0 Å². The van der Waals surface area contributed by atoms with Crippen molar-refractivity contribution >= 4 is 11.6 Å². The summed E-state index contributed by atoms with van der Waals surface area (Å²) < 4.78 is 5.95. The van der Waals surface area contributed by atoms with E-state index in [0.717, 1.165) is 72.8 Å². The smallest absolute Gasteiger partial charge is 0.245 e. The van der Waals surface area contributed by atoms with Gasteiger partial charge in [0, 0.05) is 30.3 Å². The Bertz CT molecular complexity index is 940. The van der Waals surface area contributed by atoms with Gasteiger partial charge < -0.3 is 9.64 Å². The van der Waals surface area contributed by atoms with Crippen LogP contribution < -0.4 is 4.74 Å². The second kappa shape index (κ2) is 10.8. The maximum absolute atomic E-state index is 11.9. The van der Waals surface area contributed by atoms with E-state index in [0.29, 0.717) is 5.92 Å². The van der Waals surface area contributed by atoms with Crippen LogP contribution in [-0.2, 0) is 4.79 Å². The van der Waals surface area contributed by atoms with Crippen molar-refractivity contribution in [3.8, 4) is 5.75 Å².